The molecule has 0 unspecified atom stereocenters. The maximum atomic E-state index is 13.2. The van der Waals surface area contributed by atoms with Crippen LogP contribution in [0.4, 0.5) is 10.1 Å². The molecule has 0 saturated carbocycles. The second-order valence-corrected chi connectivity index (χ2v) is 8.89. The van der Waals surface area contributed by atoms with Crippen molar-refractivity contribution in [3.8, 4) is 11.5 Å². The van der Waals surface area contributed by atoms with E-state index in [9.17, 15) is 14.0 Å². The van der Waals surface area contributed by atoms with E-state index in [4.69, 9.17) is 21.7 Å². The van der Waals surface area contributed by atoms with Crippen LogP contribution in [0.2, 0.25) is 0 Å². The van der Waals surface area contributed by atoms with Crippen LogP contribution in [0, 0.1) is 5.82 Å². The quantitative estimate of drug-likeness (QED) is 0.211. The van der Waals surface area contributed by atoms with E-state index in [2.05, 4.69) is 0 Å². The van der Waals surface area contributed by atoms with Gasteiger partial charge in [0.2, 0.25) is 0 Å². The first-order valence-corrected chi connectivity index (χ1v) is 11.0. The number of benzene rings is 2. The number of nitrogens with zero attached hydrogens (tertiary/aromatic N) is 1. The number of hydrogen-bond donors (Lipinski definition) is 0. The van der Waals surface area contributed by atoms with Crippen LogP contribution in [0.15, 0.2) is 64.9 Å². The third-order valence-electron chi connectivity index (χ3n) is 4.29. The number of thiophene rings is 1. The Balaban J connectivity index is 1.57. The first kappa shape index (κ1) is 21.2. The average Bonchev–Trinajstić information content (AvgIpc) is 3.39. The molecule has 2 aromatic carbocycles. The van der Waals surface area contributed by atoms with Crippen molar-refractivity contribution in [2.45, 2.75) is 0 Å². The predicted octanol–water partition coefficient (Wildman–Crippen LogP) is 5.52. The lowest BCUT2D eigenvalue weighted by atomic mass is 10.1. The first-order valence-electron chi connectivity index (χ1n) is 8.93. The minimum atomic E-state index is -0.471. The lowest BCUT2D eigenvalue weighted by Crippen LogP contribution is -2.27. The molecule has 2 heterocycles. The van der Waals surface area contributed by atoms with Gasteiger partial charge in [0.25, 0.3) is 5.91 Å². The summed E-state index contributed by atoms with van der Waals surface area (Å²) in [6, 6.07) is 14.0. The Morgan fingerprint density at radius 2 is 1.90 bits per heavy atom. The highest BCUT2D eigenvalue weighted by molar-refractivity contribution is 8.27. The third kappa shape index (κ3) is 4.53. The Morgan fingerprint density at radius 1 is 1.13 bits per heavy atom. The number of esters is 1. The normalized spacial score (nSPS) is 14.9. The molecule has 0 N–H and O–H groups in total. The lowest BCUT2D eigenvalue weighted by molar-refractivity contribution is -0.113. The van der Waals surface area contributed by atoms with Crippen molar-refractivity contribution >= 4 is 63.3 Å². The lowest BCUT2D eigenvalue weighted by Gasteiger charge is -2.14. The van der Waals surface area contributed by atoms with Crippen molar-refractivity contribution in [1.82, 2.24) is 0 Å². The van der Waals surface area contributed by atoms with Crippen LogP contribution in [0.1, 0.15) is 15.2 Å². The van der Waals surface area contributed by atoms with Gasteiger partial charge in [-0.05, 0) is 59.5 Å². The van der Waals surface area contributed by atoms with Gasteiger partial charge in [0.1, 0.15) is 10.7 Å². The number of rotatable bonds is 5. The Hall–Kier alpha value is -3.01. The topological polar surface area (TPSA) is 55.8 Å². The van der Waals surface area contributed by atoms with E-state index in [1.807, 2.05) is 0 Å². The maximum Gasteiger partial charge on any atom is 0.353 e. The van der Waals surface area contributed by atoms with E-state index >= 15 is 0 Å². The van der Waals surface area contributed by atoms with Crippen LogP contribution in [-0.2, 0) is 4.79 Å². The molecule has 1 aromatic heterocycles. The van der Waals surface area contributed by atoms with Gasteiger partial charge in [0.05, 0.1) is 17.7 Å². The number of thioether (sulfide) groups is 1. The second-order valence-electron chi connectivity index (χ2n) is 6.27. The van der Waals surface area contributed by atoms with Crippen LogP contribution in [0.25, 0.3) is 6.08 Å². The fourth-order valence-corrected chi connectivity index (χ4v) is 4.73. The molecular weight excluding hydrogens is 457 g/mol. The zero-order valence-electron chi connectivity index (χ0n) is 16.0. The van der Waals surface area contributed by atoms with Crippen molar-refractivity contribution in [2.75, 3.05) is 12.0 Å². The molecule has 1 aliphatic heterocycles. The summed E-state index contributed by atoms with van der Waals surface area (Å²) in [6.45, 7) is 0. The number of anilines is 1. The van der Waals surface area contributed by atoms with E-state index in [0.717, 1.165) is 11.8 Å². The number of thiocarbonyl (C=S) groups is 1. The number of carbonyl (C=O) groups is 2. The second kappa shape index (κ2) is 9.01. The summed E-state index contributed by atoms with van der Waals surface area (Å²) < 4.78 is 24.3. The van der Waals surface area contributed by atoms with Crippen LogP contribution in [0.5, 0.6) is 11.5 Å². The molecule has 156 valence electrons. The molecular formula is C22H14FNO4S3. The van der Waals surface area contributed by atoms with Gasteiger partial charge in [0, 0.05) is 0 Å². The number of ether oxygens (including phenoxy) is 2. The number of methoxy groups -OCH3 is 1. The van der Waals surface area contributed by atoms with Gasteiger partial charge in [-0.25, -0.2) is 9.18 Å². The van der Waals surface area contributed by atoms with E-state index in [0.29, 0.717) is 31.1 Å². The Kier molecular flexibility index (Phi) is 6.17. The van der Waals surface area contributed by atoms with Crippen LogP contribution in [-0.4, -0.2) is 23.3 Å². The fourth-order valence-electron chi connectivity index (χ4n) is 2.84. The number of carbonyl (C=O) groups excluding carboxylic acids is 2. The summed E-state index contributed by atoms with van der Waals surface area (Å²) in [4.78, 5) is 27.3. The zero-order chi connectivity index (χ0) is 22.0. The summed E-state index contributed by atoms with van der Waals surface area (Å²) in [5, 5.41) is 1.79. The van der Waals surface area contributed by atoms with Crippen LogP contribution >= 0.6 is 35.3 Å². The number of halogens is 1. The molecule has 1 aliphatic rings. The molecule has 1 saturated heterocycles. The highest BCUT2D eigenvalue weighted by Crippen LogP contribution is 2.37. The number of hydrogen-bond acceptors (Lipinski definition) is 7. The van der Waals surface area contributed by atoms with Crippen molar-refractivity contribution in [2.24, 2.45) is 0 Å². The van der Waals surface area contributed by atoms with Gasteiger partial charge < -0.3 is 9.47 Å². The van der Waals surface area contributed by atoms with Crippen molar-refractivity contribution in [1.29, 1.82) is 0 Å². The molecule has 9 heteroatoms. The maximum absolute atomic E-state index is 13.2. The molecule has 4 rings (SSSR count). The van der Waals surface area contributed by atoms with Crippen LogP contribution < -0.4 is 14.4 Å². The molecule has 31 heavy (non-hydrogen) atoms. The molecule has 1 fully saturated rings. The third-order valence-corrected chi connectivity index (χ3v) is 6.44. The monoisotopic (exact) mass is 471 g/mol. The summed E-state index contributed by atoms with van der Waals surface area (Å²) in [7, 11) is 1.47. The van der Waals surface area contributed by atoms with Gasteiger partial charge in [0.15, 0.2) is 15.8 Å². The molecule has 0 spiro atoms. The molecule has 0 atom stereocenters. The molecule has 5 nitrogen and oxygen atoms in total. The minimum Gasteiger partial charge on any atom is -0.493 e. The molecule has 3 aromatic rings. The summed E-state index contributed by atoms with van der Waals surface area (Å²) in [5.41, 5.74) is 1.17. The highest BCUT2D eigenvalue weighted by atomic mass is 32.2. The molecule has 0 radical (unpaired) electrons. The van der Waals surface area contributed by atoms with E-state index in [-0.39, 0.29) is 11.7 Å². The van der Waals surface area contributed by atoms with Gasteiger partial charge >= 0.3 is 5.97 Å². The number of amides is 1. The predicted molar refractivity (Wildman–Crippen MR) is 124 cm³/mol. The average molecular weight is 472 g/mol. The summed E-state index contributed by atoms with van der Waals surface area (Å²) in [5.74, 6) is -0.531. The van der Waals surface area contributed by atoms with Crippen molar-refractivity contribution in [3.63, 3.8) is 0 Å². The molecule has 0 bridgehead atoms. The van der Waals surface area contributed by atoms with Gasteiger partial charge in [-0.2, -0.15) is 0 Å². The van der Waals surface area contributed by atoms with E-state index in [1.165, 1.54) is 47.6 Å². The zero-order valence-corrected chi connectivity index (χ0v) is 18.5. The summed E-state index contributed by atoms with van der Waals surface area (Å²) in [6.07, 6.45) is 1.68. The van der Waals surface area contributed by atoms with Crippen molar-refractivity contribution < 1.29 is 23.5 Å². The smallest absolute Gasteiger partial charge is 0.353 e. The summed E-state index contributed by atoms with van der Waals surface area (Å²) >= 11 is 7.77. The SMILES string of the molecule is COc1cc(/C=C2\SC(=S)N(c3ccc(F)cc3)C2=O)ccc1OC(=O)c1cccs1. The van der Waals surface area contributed by atoms with E-state index in [1.54, 1.807) is 41.8 Å². The Labute approximate surface area is 191 Å². The van der Waals surface area contributed by atoms with E-state index < -0.39 is 11.8 Å². The largest absolute Gasteiger partial charge is 0.493 e. The molecule has 1 amide bonds. The van der Waals surface area contributed by atoms with Gasteiger partial charge in [-0.3, -0.25) is 9.69 Å². The van der Waals surface area contributed by atoms with Gasteiger partial charge in [-0.1, -0.05) is 36.1 Å². The first-order chi connectivity index (χ1) is 15.0. The van der Waals surface area contributed by atoms with Crippen LogP contribution in [0.3, 0.4) is 0 Å². The van der Waals surface area contributed by atoms with Gasteiger partial charge in [-0.15, -0.1) is 11.3 Å². The Morgan fingerprint density at radius 3 is 2.58 bits per heavy atom. The minimum absolute atomic E-state index is 0.275. The fraction of sp³-hybridized carbons (Fsp3) is 0.0455. The Bertz CT molecular complexity index is 1190. The standard InChI is InChI=1S/C22H14FNO4S3/c1-27-17-11-13(4-9-16(17)28-21(26)18-3-2-10-30-18)12-19-20(25)24(22(29)31-19)15-7-5-14(23)6-8-15/h2-12H,1H3/b19-12-. The molecule has 0 aliphatic carbocycles. The highest BCUT2D eigenvalue weighted by Gasteiger charge is 2.33. The van der Waals surface area contributed by atoms with Crippen molar-refractivity contribution in [3.05, 3.63) is 81.1 Å².